The first-order chi connectivity index (χ1) is 13.6. The molecule has 0 aliphatic rings. The van der Waals surface area contributed by atoms with Gasteiger partial charge in [-0.1, -0.05) is 36.4 Å². The fourth-order valence-electron chi connectivity index (χ4n) is 3.10. The summed E-state index contributed by atoms with van der Waals surface area (Å²) in [5, 5.41) is 6.29. The van der Waals surface area contributed by atoms with E-state index >= 15 is 0 Å². The van der Waals surface area contributed by atoms with Gasteiger partial charge in [0.15, 0.2) is 0 Å². The normalized spacial score (nSPS) is 10.4. The first kappa shape index (κ1) is 19.4. The van der Waals surface area contributed by atoms with Gasteiger partial charge in [-0.25, -0.2) is 4.98 Å². The van der Waals surface area contributed by atoms with E-state index in [0.29, 0.717) is 17.9 Å². The van der Waals surface area contributed by atoms with Gasteiger partial charge in [0.25, 0.3) is 5.91 Å². The van der Waals surface area contributed by atoms with E-state index in [1.807, 2.05) is 56.3 Å². The zero-order chi connectivity index (χ0) is 19.9. The van der Waals surface area contributed by atoms with Crippen molar-refractivity contribution in [2.24, 2.45) is 0 Å². The third-order valence-electron chi connectivity index (χ3n) is 4.63. The van der Waals surface area contributed by atoms with E-state index in [-0.39, 0.29) is 5.91 Å². The number of pyridine rings is 1. The van der Waals surface area contributed by atoms with Gasteiger partial charge in [0.1, 0.15) is 11.6 Å². The van der Waals surface area contributed by atoms with Crippen LogP contribution in [0.15, 0.2) is 60.8 Å². The number of nitrogens with one attached hydrogen (secondary N) is 2. The van der Waals surface area contributed by atoms with Gasteiger partial charge in [-0.15, -0.1) is 0 Å². The molecule has 144 valence electrons. The van der Waals surface area contributed by atoms with Crippen LogP contribution < -0.4 is 15.4 Å². The molecule has 0 radical (unpaired) electrons. The largest absolute Gasteiger partial charge is 0.496 e. The lowest BCUT2D eigenvalue weighted by atomic mass is 10.1. The predicted octanol–water partition coefficient (Wildman–Crippen LogP) is 4.61. The first-order valence-corrected chi connectivity index (χ1v) is 9.28. The van der Waals surface area contributed by atoms with Crippen LogP contribution in [0.1, 0.15) is 27.0 Å². The average Bonchev–Trinajstić information content (AvgIpc) is 2.71. The summed E-state index contributed by atoms with van der Waals surface area (Å²) in [5.74, 6) is 1.40. The van der Waals surface area contributed by atoms with Gasteiger partial charge in [-0.2, -0.15) is 0 Å². The number of aryl methyl sites for hydroxylation is 2. The standard InChI is InChI=1S/C23H25N3O2/c1-16-7-6-8-17(2)22(16)26-23(27)19-12-14-25-21(15-19)24-13-11-18-9-4-5-10-20(18)28-3/h4-10,12,14-15H,11,13H2,1-3H3,(H,24,25)(H,26,27). The smallest absolute Gasteiger partial charge is 0.255 e. The molecule has 2 aromatic carbocycles. The van der Waals surface area contributed by atoms with Crippen molar-refractivity contribution in [3.05, 3.63) is 83.0 Å². The zero-order valence-corrected chi connectivity index (χ0v) is 16.5. The molecule has 0 spiro atoms. The molecule has 1 heterocycles. The fraction of sp³-hybridized carbons (Fsp3) is 0.217. The van der Waals surface area contributed by atoms with Crippen LogP contribution in [0, 0.1) is 13.8 Å². The lowest BCUT2D eigenvalue weighted by molar-refractivity contribution is 0.102. The quantitative estimate of drug-likeness (QED) is 0.633. The summed E-state index contributed by atoms with van der Waals surface area (Å²) < 4.78 is 5.38. The molecular weight excluding hydrogens is 350 g/mol. The van der Waals surface area contributed by atoms with Crippen molar-refractivity contribution in [1.82, 2.24) is 4.98 Å². The number of ether oxygens (including phenoxy) is 1. The van der Waals surface area contributed by atoms with Gasteiger partial charge in [0.05, 0.1) is 7.11 Å². The minimum Gasteiger partial charge on any atom is -0.496 e. The van der Waals surface area contributed by atoms with E-state index in [1.54, 1.807) is 25.4 Å². The maximum absolute atomic E-state index is 12.7. The number of para-hydroxylation sites is 2. The second-order valence-corrected chi connectivity index (χ2v) is 6.64. The molecule has 0 fully saturated rings. The second-order valence-electron chi connectivity index (χ2n) is 6.64. The molecule has 0 saturated heterocycles. The van der Waals surface area contributed by atoms with Gasteiger partial charge in [0.2, 0.25) is 0 Å². The molecule has 0 unspecified atom stereocenters. The summed E-state index contributed by atoms with van der Waals surface area (Å²) in [6.45, 7) is 4.66. The van der Waals surface area contributed by atoms with E-state index in [0.717, 1.165) is 34.5 Å². The van der Waals surface area contributed by atoms with Crippen LogP contribution in [0.4, 0.5) is 11.5 Å². The zero-order valence-electron chi connectivity index (χ0n) is 16.5. The lowest BCUT2D eigenvalue weighted by Gasteiger charge is -2.12. The monoisotopic (exact) mass is 375 g/mol. The highest BCUT2D eigenvalue weighted by Crippen LogP contribution is 2.21. The number of nitrogens with zero attached hydrogens (tertiary/aromatic N) is 1. The number of hydrogen-bond acceptors (Lipinski definition) is 4. The molecule has 3 rings (SSSR count). The number of aromatic nitrogens is 1. The Morgan fingerprint density at radius 1 is 1.04 bits per heavy atom. The van der Waals surface area contributed by atoms with Crippen LogP contribution in [0.25, 0.3) is 0 Å². The van der Waals surface area contributed by atoms with Crippen molar-refractivity contribution in [3.63, 3.8) is 0 Å². The summed E-state index contributed by atoms with van der Waals surface area (Å²) in [4.78, 5) is 17.0. The third-order valence-corrected chi connectivity index (χ3v) is 4.63. The van der Waals surface area contributed by atoms with Crippen molar-refractivity contribution < 1.29 is 9.53 Å². The molecule has 0 saturated carbocycles. The highest BCUT2D eigenvalue weighted by atomic mass is 16.5. The Hall–Kier alpha value is -3.34. The molecule has 1 amide bonds. The fourth-order valence-corrected chi connectivity index (χ4v) is 3.10. The summed E-state index contributed by atoms with van der Waals surface area (Å²) in [7, 11) is 1.67. The van der Waals surface area contributed by atoms with Crippen LogP contribution in [0.5, 0.6) is 5.75 Å². The molecule has 5 nitrogen and oxygen atoms in total. The SMILES string of the molecule is COc1ccccc1CCNc1cc(C(=O)Nc2c(C)cccc2C)ccn1. The van der Waals surface area contributed by atoms with Crippen LogP contribution in [0.2, 0.25) is 0 Å². The number of methoxy groups -OCH3 is 1. The van der Waals surface area contributed by atoms with Crippen LogP contribution in [0.3, 0.4) is 0 Å². The molecular formula is C23H25N3O2. The lowest BCUT2D eigenvalue weighted by Crippen LogP contribution is -2.15. The van der Waals surface area contributed by atoms with Crippen LogP contribution in [-0.4, -0.2) is 24.5 Å². The Kier molecular flexibility index (Phi) is 6.27. The maximum atomic E-state index is 12.7. The minimum absolute atomic E-state index is 0.146. The number of amides is 1. The summed E-state index contributed by atoms with van der Waals surface area (Å²) in [6.07, 6.45) is 2.44. The topological polar surface area (TPSA) is 63.2 Å². The van der Waals surface area contributed by atoms with Gasteiger partial charge in [-0.05, 0) is 55.2 Å². The van der Waals surface area contributed by atoms with Crippen molar-refractivity contribution in [2.75, 3.05) is 24.3 Å². The van der Waals surface area contributed by atoms with E-state index in [2.05, 4.69) is 15.6 Å². The third kappa shape index (κ3) is 4.68. The number of hydrogen-bond donors (Lipinski definition) is 2. The van der Waals surface area contributed by atoms with E-state index in [1.165, 1.54) is 0 Å². The number of carbonyl (C=O) groups is 1. The number of anilines is 2. The first-order valence-electron chi connectivity index (χ1n) is 9.28. The molecule has 0 bridgehead atoms. The molecule has 28 heavy (non-hydrogen) atoms. The van der Waals surface area contributed by atoms with Crippen LogP contribution in [-0.2, 0) is 6.42 Å². The van der Waals surface area contributed by atoms with Crippen LogP contribution >= 0.6 is 0 Å². The Balaban J connectivity index is 1.64. The van der Waals surface area contributed by atoms with Crippen molar-refractivity contribution in [2.45, 2.75) is 20.3 Å². The molecule has 1 aromatic heterocycles. The van der Waals surface area contributed by atoms with E-state index in [4.69, 9.17) is 4.74 Å². The molecule has 0 atom stereocenters. The predicted molar refractivity (Wildman–Crippen MR) is 113 cm³/mol. The van der Waals surface area contributed by atoms with E-state index in [9.17, 15) is 4.79 Å². The Bertz CT molecular complexity index is 949. The Labute approximate surface area is 165 Å². The number of carbonyl (C=O) groups excluding carboxylic acids is 1. The molecule has 2 N–H and O–H groups in total. The second kappa shape index (κ2) is 9.04. The summed E-state index contributed by atoms with van der Waals surface area (Å²) in [6, 6.07) is 17.4. The Morgan fingerprint density at radius 3 is 2.54 bits per heavy atom. The minimum atomic E-state index is -0.146. The van der Waals surface area contributed by atoms with Crippen molar-refractivity contribution in [1.29, 1.82) is 0 Å². The molecule has 0 aliphatic heterocycles. The van der Waals surface area contributed by atoms with Gasteiger partial charge < -0.3 is 15.4 Å². The average molecular weight is 375 g/mol. The molecule has 5 heteroatoms. The Morgan fingerprint density at radius 2 is 1.79 bits per heavy atom. The highest BCUT2D eigenvalue weighted by Gasteiger charge is 2.11. The maximum Gasteiger partial charge on any atom is 0.255 e. The molecule has 0 aliphatic carbocycles. The van der Waals surface area contributed by atoms with Crippen molar-refractivity contribution >= 4 is 17.4 Å². The van der Waals surface area contributed by atoms with Gasteiger partial charge in [-0.3, -0.25) is 4.79 Å². The number of rotatable bonds is 7. The van der Waals surface area contributed by atoms with E-state index < -0.39 is 0 Å². The summed E-state index contributed by atoms with van der Waals surface area (Å²) in [5.41, 5.74) is 4.63. The number of benzene rings is 2. The molecule has 3 aromatic rings. The van der Waals surface area contributed by atoms with Crippen molar-refractivity contribution in [3.8, 4) is 5.75 Å². The summed E-state index contributed by atoms with van der Waals surface area (Å²) >= 11 is 0. The van der Waals surface area contributed by atoms with Gasteiger partial charge in [0, 0.05) is 24.0 Å². The van der Waals surface area contributed by atoms with Gasteiger partial charge >= 0.3 is 0 Å². The highest BCUT2D eigenvalue weighted by molar-refractivity contribution is 6.05.